The SMILES string of the molecule is C=CC1CC(=O)CC(O[Si](C)(C)C(C)(C)C)C1. The van der Waals surface area contributed by atoms with E-state index in [0.717, 1.165) is 6.42 Å². The summed E-state index contributed by atoms with van der Waals surface area (Å²) in [4.78, 5) is 11.7. The molecular formula is C14H26O2Si. The van der Waals surface area contributed by atoms with Crippen LogP contribution in [0.4, 0.5) is 0 Å². The number of carbonyl (C=O) groups excluding carboxylic acids is 1. The molecule has 0 aliphatic heterocycles. The van der Waals surface area contributed by atoms with E-state index in [1.807, 2.05) is 6.08 Å². The molecule has 1 rings (SSSR count). The Kier molecular flexibility index (Phi) is 4.36. The Labute approximate surface area is 107 Å². The summed E-state index contributed by atoms with van der Waals surface area (Å²) < 4.78 is 6.32. The van der Waals surface area contributed by atoms with E-state index in [-0.39, 0.29) is 11.1 Å². The molecule has 1 fully saturated rings. The summed E-state index contributed by atoms with van der Waals surface area (Å²) in [7, 11) is -1.75. The Bertz CT molecular complexity index is 302. The number of hydrogen-bond donors (Lipinski definition) is 0. The van der Waals surface area contributed by atoms with Crippen molar-refractivity contribution in [2.75, 3.05) is 0 Å². The molecule has 3 heteroatoms. The van der Waals surface area contributed by atoms with E-state index in [2.05, 4.69) is 40.4 Å². The normalized spacial score (nSPS) is 27.0. The van der Waals surface area contributed by atoms with Gasteiger partial charge in [-0.05, 0) is 30.5 Å². The zero-order chi connectivity index (χ0) is 13.3. The average Bonchev–Trinajstić information content (AvgIpc) is 2.14. The monoisotopic (exact) mass is 254 g/mol. The van der Waals surface area contributed by atoms with Crippen LogP contribution < -0.4 is 0 Å². The van der Waals surface area contributed by atoms with E-state index >= 15 is 0 Å². The molecule has 98 valence electrons. The fourth-order valence-electron chi connectivity index (χ4n) is 2.00. The molecule has 0 aromatic carbocycles. The van der Waals surface area contributed by atoms with E-state index < -0.39 is 8.32 Å². The Balaban J connectivity index is 2.68. The van der Waals surface area contributed by atoms with E-state index in [0.29, 0.717) is 24.5 Å². The second-order valence-corrected chi connectivity index (χ2v) is 11.4. The lowest BCUT2D eigenvalue weighted by Crippen LogP contribution is -2.45. The highest BCUT2D eigenvalue weighted by atomic mass is 28.4. The van der Waals surface area contributed by atoms with Crippen LogP contribution in [0.2, 0.25) is 18.1 Å². The molecule has 0 radical (unpaired) electrons. The third-order valence-electron chi connectivity index (χ3n) is 4.11. The third kappa shape index (κ3) is 3.78. The molecule has 0 saturated heterocycles. The van der Waals surface area contributed by atoms with Crippen LogP contribution in [-0.4, -0.2) is 20.2 Å². The van der Waals surface area contributed by atoms with Gasteiger partial charge in [0.1, 0.15) is 5.78 Å². The largest absolute Gasteiger partial charge is 0.413 e. The molecule has 0 bridgehead atoms. The number of hydrogen-bond acceptors (Lipinski definition) is 2. The van der Waals surface area contributed by atoms with Gasteiger partial charge in [-0.25, -0.2) is 0 Å². The summed E-state index contributed by atoms with van der Waals surface area (Å²) in [6.07, 6.45) is 4.22. The number of ketones is 1. The first-order chi connectivity index (χ1) is 7.65. The lowest BCUT2D eigenvalue weighted by atomic mass is 9.87. The minimum absolute atomic E-state index is 0.111. The maximum atomic E-state index is 11.7. The molecule has 0 amide bonds. The second-order valence-electron chi connectivity index (χ2n) is 6.68. The topological polar surface area (TPSA) is 26.3 Å². The van der Waals surface area contributed by atoms with Crippen molar-refractivity contribution in [3.8, 4) is 0 Å². The summed E-state index contributed by atoms with van der Waals surface area (Å²) in [6, 6.07) is 0. The van der Waals surface area contributed by atoms with Crippen LogP contribution in [-0.2, 0) is 9.22 Å². The van der Waals surface area contributed by atoms with Crippen LogP contribution in [0.5, 0.6) is 0 Å². The molecule has 1 saturated carbocycles. The van der Waals surface area contributed by atoms with Crippen molar-refractivity contribution in [1.29, 1.82) is 0 Å². The maximum Gasteiger partial charge on any atom is 0.192 e. The Morgan fingerprint density at radius 1 is 1.35 bits per heavy atom. The van der Waals surface area contributed by atoms with Gasteiger partial charge in [0.2, 0.25) is 0 Å². The molecule has 2 atom stereocenters. The molecule has 0 spiro atoms. The number of rotatable bonds is 3. The smallest absolute Gasteiger partial charge is 0.192 e. The minimum atomic E-state index is -1.75. The molecule has 0 heterocycles. The van der Waals surface area contributed by atoms with Gasteiger partial charge < -0.3 is 4.43 Å². The molecule has 0 aromatic rings. The standard InChI is InChI=1S/C14H26O2Si/c1-7-11-8-12(15)10-13(9-11)16-17(5,6)14(2,3)4/h7,11,13H,1,8-10H2,2-6H3. The predicted octanol–water partition coefficient (Wildman–Crippen LogP) is 3.93. The van der Waals surface area contributed by atoms with Crippen molar-refractivity contribution in [1.82, 2.24) is 0 Å². The van der Waals surface area contributed by atoms with Gasteiger partial charge in [0.05, 0.1) is 6.10 Å². The quantitative estimate of drug-likeness (QED) is 0.563. The Morgan fingerprint density at radius 2 is 1.94 bits per heavy atom. The first-order valence-corrected chi connectivity index (χ1v) is 9.38. The van der Waals surface area contributed by atoms with Crippen LogP contribution in [0.25, 0.3) is 0 Å². The number of allylic oxidation sites excluding steroid dienone is 1. The van der Waals surface area contributed by atoms with Gasteiger partial charge in [0.25, 0.3) is 0 Å². The van der Waals surface area contributed by atoms with Crippen molar-refractivity contribution in [2.45, 2.75) is 64.3 Å². The zero-order valence-corrected chi connectivity index (χ0v) is 12.9. The average molecular weight is 254 g/mol. The third-order valence-corrected chi connectivity index (χ3v) is 8.65. The minimum Gasteiger partial charge on any atom is -0.413 e. The number of carbonyl (C=O) groups is 1. The highest BCUT2D eigenvalue weighted by Crippen LogP contribution is 2.39. The van der Waals surface area contributed by atoms with Crippen molar-refractivity contribution >= 4 is 14.1 Å². The van der Waals surface area contributed by atoms with Crippen LogP contribution in [0.1, 0.15) is 40.0 Å². The van der Waals surface area contributed by atoms with Crippen molar-refractivity contribution in [2.24, 2.45) is 5.92 Å². The molecule has 0 N–H and O–H groups in total. The van der Waals surface area contributed by atoms with Crippen molar-refractivity contribution in [3.05, 3.63) is 12.7 Å². The lowest BCUT2D eigenvalue weighted by molar-refractivity contribution is -0.123. The molecule has 2 unspecified atom stereocenters. The van der Waals surface area contributed by atoms with Crippen LogP contribution >= 0.6 is 0 Å². The van der Waals surface area contributed by atoms with E-state index in [4.69, 9.17) is 4.43 Å². The van der Waals surface area contributed by atoms with Gasteiger partial charge in [0, 0.05) is 12.8 Å². The van der Waals surface area contributed by atoms with Gasteiger partial charge in [0.15, 0.2) is 8.32 Å². The fraction of sp³-hybridized carbons (Fsp3) is 0.786. The summed E-state index contributed by atoms with van der Waals surface area (Å²) in [5.74, 6) is 0.635. The van der Waals surface area contributed by atoms with Crippen LogP contribution in [0, 0.1) is 5.92 Å². The van der Waals surface area contributed by atoms with Gasteiger partial charge >= 0.3 is 0 Å². The fourth-order valence-corrected chi connectivity index (χ4v) is 3.36. The van der Waals surface area contributed by atoms with Crippen LogP contribution in [0.15, 0.2) is 12.7 Å². The van der Waals surface area contributed by atoms with Crippen molar-refractivity contribution < 1.29 is 9.22 Å². The molecule has 17 heavy (non-hydrogen) atoms. The number of Topliss-reactive ketones (excluding diaryl/α,β-unsaturated/α-hetero) is 1. The zero-order valence-electron chi connectivity index (χ0n) is 11.9. The highest BCUT2D eigenvalue weighted by Gasteiger charge is 2.40. The van der Waals surface area contributed by atoms with Gasteiger partial charge in [-0.15, -0.1) is 6.58 Å². The summed E-state index contributed by atoms with van der Waals surface area (Å²) in [5, 5.41) is 0.206. The van der Waals surface area contributed by atoms with E-state index in [1.165, 1.54) is 0 Å². The molecule has 1 aliphatic rings. The van der Waals surface area contributed by atoms with Gasteiger partial charge in [-0.3, -0.25) is 4.79 Å². The molecule has 2 nitrogen and oxygen atoms in total. The van der Waals surface area contributed by atoms with Gasteiger partial charge in [-0.1, -0.05) is 26.8 Å². The Hall–Kier alpha value is -0.413. The molecule has 1 aliphatic carbocycles. The maximum absolute atomic E-state index is 11.7. The molecular weight excluding hydrogens is 228 g/mol. The predicted molar refractivity (Wildman–Crippen MR) is 74.6 cm³/mol. The second kappa shape index (κ2) is 5.07. The summed E-state index contributed by atoms with van der Waals surface area (Å²) >= 11 is 0. The van der Waals surface area contributed by atoms with Crippen LogP contribution in [0.3, 0.4) is 0 Å². The van der Waals surface area contributed by atoms with E-state index in [9.17, 15) is 4.79 Å². The van der Waals surface area contributed by atoms with E-state index in [1.54, 1.807) is 0 Å². The first-order valence-electron chi connectivity index (χ1n) is 6.48. The lowest BCUT2D eigenvalue weighted by Gasteiger charge is -2.41. The van der Waals surface area contributed by atoms with Gasteiger partial charge in [-0.2, -0.15) is 0 Å². The Morgan fingerprint density at radius 3 is 2.41 bits per heavy atom. The first kappa shape index (κ1) is 14.6. The molecule has 0 aromatic heterocycles. The summed E-state index contributed by atoms with van der Waals surface area (Å²) in [5.41, 5.74) is 0. The van der Waals surface area contributed by atoms with Crippen molar-refractivity contribution in [3.63, 3.8) is 0 Å². The summed E-state index contributed by atoms with van der Waals surface area (Å²) in [6.45, 7) is 15.0. The highest BCUT2D eigenvalue weighted by molar-refractivity contribution is 6.74.